The fourth-order valence-corrected chi connectivity index (χ4v) is 2.63. The first-order chi connectivity index (χ1) is 14.7. The third kappa shape index (κ3) is 7.01. The molecule has 2 aromatic rings. The number of benzene rings is 2. The van der Waals surface area contributed by atoms with Crippen LogP contribution in [0.3, 0.4) is 0 Å². The van der Waals surface area contributed by atoms with Gasteiger partial charge in [-0.3, -0.25) is 0 Å². The van der Waals surface area contributed by atoms with Gasteiger partial charge in [0.05, 0.1) is 24.1 Å². The zero-order valence-electron chi connectivity index (χ0n) is 18.1. The Balaban J connectivity index is 2.22. The fraction of sp³-hybridized carbons (Fsp3) is 0.391. The molecule has 0 aliphatic carbocycles. The number of ether oxygens (including phenoxy) is 2. The Hall–Kier alpha value is -3.03. The fourth-order valence-electron chi connectivity index (χ4n) is 2.63. The molecule has 0 aromatic heterocycles. The van der Waals surface area contributed by atoms with E-state index in [-0.39, 0.29) is 17.7 Å². The van der Waals surface area contributed by atoms with E-state index in [2.05, 4.69) is 4.99 Å². The topological polar surface area (TPSA) is 51.1 Å². The Kier molecular flexibility index (Phi) is 8.47. The van der Waals surface area contributed by atoms with Crippen molar-refractivity contribution in [3.63, 3.8) is 0 Å². The van der Waals surface area contributed by atoms with E-state index in [9.17, 15) is 18.0 Å². The summed E-state index contributed by atoms with van der Waals surface area (Å²) in [5.74, 6) is -0.198. The number of hydrogen-bond donors (Lipinski definition) is 0. The maximum absolute atomic E-state index is 12.9. The van der Waals surface area contributed by atoms with Crippen LogP contribution in [0.15, 0.2) is 41.4 Å². The highest BCUT2D eigenvalue weighted by Gasteiger charge is 2.30. The normalized spacial score (nSPS) is 11.6. The number of hydrogen-bond acceptors (Lipinski definition) is 4. The van der Waals surface area contributed by atoms with Gasteiger partial charge in [0.15, 0.2) is 0 Å². The highest BCUT2D eigenvalue weighted by molar-refractivity contribution is 5.92. The molecule has 168 valence electrons. The monoisotopic (exact) mass is 436 g/mol. The Morgan fingerprint density at radius 2 is 1.94 bits per heavy atom. The van der Waals surface area contributed by atoms with Gasteiger partial charge in [-0.2, -0.15) is 13.2 Å². The largest absolute Gasteiger partial charge is 0.491 e. The number of nitrogens with zero attached hydrogens (tertiary/aromatic N) is 2. The van der Waals surface area contributed by atoms with Crippen molar-refractivity contribution in [1.82, 2.24) is 4.90 Å². The smallest absolute Gasteiger partial charge is 0.416 e. The van der Waals surface area contributed by atoms with Crippen molar-refractivity contribution in [1.29, 1.82) is 0 Å². The molecule has 0 aliphatic rings. The van der Waals surface area contributed by atoms with Crippen molar-refractivity contribution in [3.8, 4) is 5.75 Å². The van der Waals surface area contributed by atoms with Crippen molar-refractivity contribution in [2.45, 2.75) is 40.0 Å². The van der Waals surface area contributed by atoms with Crippen LogP contribution in [0.25, 0.3) is 0 Å². The van der Waals surface area contributed by atoms with Gasteiger partial charge in [0.1, 0.15) is 18.0 Å². The summed E-state index contributed by atoms with van der Waals surface area (Å²) in [6.07, 6.45) is -2.00. The van der Waals surface area contributed by atoms with Gasteiger partial charge < -0.3 is 14.4 Å². The minimum Gasteiger partial charge on any atom is -0.491 e. The van der Waals surface area contributed by atoms with E-state index >= 15 is 0 Å². The van der Waals surface area contributed by atoms with Gasteiger partial charge in [0.2, 0.25) is 0 Å². The Bertz CT molecular complexity index is 927. The van der Waals surface area contributed by atoms with Crippen molar-refractivity contribution in [2.24, 2.45) is 4.99 Å². The minimum atomic E-state index is -4.45. The quantitative estimate of drug-likeness (QED) is 0.284. The van der Waals surface area contributed by atoms with E-state index in [0.29, 0.717) is 23.6 Å². The van der Waals surface area contributed by atoms with Crippen LogP contribution in [-0.2, 0) is 17.5 Å². The lowest BCUT2D eigenvalue weighted by Crippen LogP contribution is -2.14. The second-order valence-electron chi connectivity index (χ2n) is 7.08. The van der Waals surface area contributed by atoms with E-state index < -0.39 is 17.7 Å². The van der Waals surface area contributed by atoms with Crippen LogP contribution in [-0.4, -0.2) is 37.4 Å². The number of rotatable bonds is 9. The lowest BCUT2D eigenvalue weighted by molar-refractivity contribution is -0.137. The lowest BCUT2D eigenvalue weighted by atomic mass is 10.1. The molecule has 5 nitrogen and oxygen atoms in total. The van der Waals surface area contributed by atoms with Gasteiger partial charge in [-0.15, -0.1) is 0 Å². The second-order valence-corrected chi connectivity index (χ2v) is 7.08. The molecule has 0 aliphatic heterocycles. The molecule has 0 amide bonds. The van der Waals surface area contributed by atoms with Crippen molar-refractivity contribution in [3.05, 3.63) is 58.7 Å². The van der Waals surface area contributed by atoms with Crippen molar-refractivity contribution < 1.29 is 27.4 Å². The molecule has 0 heterocycles. The molecule has 0 unspecified atom stereocenters. The first-order valence-electron chi connectivity index (χ1n) is 10.0. The molecule has 31 heavy (non-hydrogen) atoms. The maximum atomic E-state index is 12.9. The summed E-state index contributed by atoms with van der Waals surface area (Å²) in [5, 5.41) is 0. The first kappa shape index (κ1) is 24.2. The molecule has 2 aromatic carbocycles. The molecular formula is C23H27F3N2O3. The van der Waals surface area contributed by atoms with Crippen LogP contribution in [0, 0.1) is 6.92 Å². The summed E-state index contributed by atoms with van der Waals surface area (Å²) in [6, 6.07) is 8.01. The van der Waals surface area contributed by atoms with E-state index in [1.54, 1.807) is 25.4 Å². The molecular weight excluding hydrogens is 409 g/mol. The van der Waals surface area contributed by atoms with Gasteiger partial charge in [-0.1, -0.05) is 19.1 Å². The lowest BCUT2D eigenvalue weighted by Gasteiger charge is -2.14. The standard InChI is InChI=1S/C23H27F3N2O3/c1-5-10-30-21-13-19(16(3)11-20(21)27-15-28(4)6-2)22(29)31-14-17-8-7-9-18(12-17)23(24,25)26/h7-9,11-13,15H,5-6,10,14H2,1-4H3. The van der Waals surface area contributed by atoms with Crippen molar-refractivity contribution in [2.75, 3.05) is 20.2 Å². The number of aryl methyl sites for hydroxylation is 1. The summed E-state index contributed by atoms with van der Waals surface area (Å²) >= 11 is 0. The number of halogens is 3. The van der Waals surface area contributed by atoms with Crippen LogP contribution >= 0.6 is 0 Å². The first-order valence-corrected chi connectivity index (χ1v) is 10.0. The van der Waals surface area contributed by atoms with E-state index in [0.717, 1.165) is 25.1 Å². The Morgan fingerprint density at radius 3 is 2.58 bits per heavy atom. The molecule has 0 N–H and O–H groups in total. The molecule has 0 radical (unpaired) electrons. The van der Waals surface area contributed by atoms with Gasteiger partial charge in [-0.25, -0.2) is 9.79 Å². The highest BCUT2D eigenvalue weighted by atomic mass is 19.4. The van der Waals surface area contributed by atoms with E-state index in [1.165, 1.54) is 12.1 Å². The number of carbonyl (C=O) groups is 1. The Labute approximate surface area is 180 Å². The predicted molar refractivity (Wildman–Crippen MR) is 114 cm³/mol. The van der Waals surface area contributed by atoms with E-state index in [4.69, 9.17) is 9.47 Å². The van der Waals surface area contributed by atoms with Crippen LogP contribution in [0.2, 0.25) is 0 Å². The molecule has 8 heteroatoms. The second kappa shape index (κ2) is 10.8. The van der Waals surface area contributed by atoms with Gasteiger partial charge in [-0.05, 0) is 55.7 Å². The third-order valence-electron chi connectivity index (χ3n) is 4.50. The zero-order chi connectivity index (χ0) is 23.0. The molecule has 0 bridgehead atoms. The average Bonchev–Trinajstić information content (AvgIpc) is 2.74. The van der Waals surface area contributed by atoms with Gasteiger partial charge >= 0.3 is 12.1 Å². The maximum Gasteiger partial charge on any atom is 0.416 e. The summed E-state index contributed by atoms with van der Waals surface area (Å²) in [4.78, 5) is 19.0. The molecule has 0 saturated carbocycles. The highest BCUT2D eigenvalue weighted by Crippen LogP contribution is 2.32. The molecule has 2 rings (SSSR count). The zero-order valence-corrected chi connectivity index (χ0v) is 18.1. The van der Waals surface area contributed by atoms with Gasteiger partial charge in [0, 0.05) is 13.6 Å². The predicted octanol–water partition coefficient (Wildman–Crippen LogP) is 5.77. The van der Waals surface area contributed by atoms with Crippen LogP contribution < -0.4 is 4.74 Å². The number of aliphatic imine (C=N–C) groups is 1. The molecule has 0 atom stereocenters. The van der Waals surface area contributed by atoms with Crippen molar-refractivity contribution >= 4 is 18.0 Å². The van der Waals surface area contributed by atoms with Gasteiger partial charge in [0.25, 0.3) is 0 Å². The van der Waals surface area contributed by atoms with Crippen LogP contribution in [0.1, 0.15) is 47.3 Å². The average molecular weight is 436 g/mol. The summed E-state index contributed by atoms with van der Waals surface area (Å²) in [5.41, 5.74) is 0.963. The van der Waals surface area contributed by atoms with E-state index in [1.807, 2.05) is 25.8 Å². The minimum absolute atomic E-state index is 0.257. The Morgan fingerprint density at radius 1 is 1.19 bits per heavy atom. The molecule has 0 spiro atoms. The molecule has 0 saturated heterocycles. The summed E-state index contributed by atoms with van der Waals surface area (Å²) < 4.78 is 49.6. The number of carbonyl (C=O) groups excluding carboxylic acids is 1. The summed E-state index contributed by atoms with van der Waals surface area (Å²) in [7, 11) is 1.89. The van der Waals surface area contributed by atoms with Crippen LogP contribution in [0.5, 0.6) is 5.75 Å². The van der Waals surface area contributed by atoms with Crippen LogP contribution in [0.4, 0.5) is 18.9 Å². The SMILES string of the molecule is CCCOc1cc(C(=O)OCc2cccc(C(F)(F)F)c2)c(C)cc1N=CN(C)CC. The summed E-state index contributed by atoms with van der Waals surface area (Å²) in [6.45, 7) is 6.67. The molecule has 0 fully saturated rings. The number of esters is 1. The third-order valence-corrected chi connectivity index (χ3v) is 4.50. The number of alkyl halides is 3.